The zero-order valence-corrected chi connectivity index (χ0v) is 13.5. The predicted molar refractivity (Wildman–Crippen MR) is 87.3 cm³/mol. The van der Waals surface area contributed by atoms with Gasteiger partial charge in [0.2, 0.25) is 0 Å². The van der Waals surface area contributed by atoms with Crippen LogP contribution in [0.15, 0.2) is 36.4 Å². The zero-order chi connectivity index (χ0) is 17.0. The molecule has 23 heavy (non-hydrogen) atoms. The molecular formula is C16H15N3O3S. The second-order valence-electron chi connectivity index (χ2n) is 4.90. The number of carbonyl (C=O) groups is 1. The van der Waals surface area contributed by atoms with Crippen LogP contribution in [0.1, 0.15) is 40.7 Å². The first-order valence-electron chi connectivity index (χ1n) is 7.03. The van der Waals surface area contributed by atoms with E-state index in [1.807, 2.05) is 26.0 Å². The van der Waals surface area contributed by atoms with Crippen LogP contribution >= 0.6 is 11.3 Å². The zero-order valence-electron chi connectivity index (χ0n) is 12.7. The van der Waals surface area contributed by atoms with Crippen molar-refractivity contribution in [2.24, 2.45) is 0 Å². The van der Waals surface area contributed by atoms with Crippen LogP contribution in [0.3, 0.4) is 0 Å². The Labute approximate surface area is 137 Å². The number of hydrogen-bond donors (Lipinski definition) is 0. The molecule has 0 aliphatic rings. The molecule has 2 aromatic rings. The largest absolute Gasteiger partial charge is 0.331 e. The third-order valence-corrected chi connectivity index (χ3v) is 4.60. The van der Waals surface area contributed by atoms with Gasteiger partial charge in [0.15, 0.2) is 0 Å². The van der Waals surface area contributed by atoms with Crippen LogP contribution in [0.2, 0.25) is 0 Å². The summed E-state index contributed by atoms with van der Waals surface area (Å²) in [7, 11) is 0. The number of thiophene rings is 1. The van der Waals surface area contributed by atoms with Crippen LogP contribution in [-0.2, 0) is 0 Å². The topological polar surface area (TPSA) is 87.2 Å². The Hall–Kier alpha value is -2.72. The maximum absolute atomic E-state index is 12.6. The average Bonchev–Trinajstić information content (AvgIpc) is 3.05. The lowest BCUT2D eigenvalue weighted by Gasteiger charge is -2.28. The second-order valence-corrected chi connectivity index (χ2v) is 5.96. The molecule has 1 atom stereocenters. The molecule has 0 N–H and O–H groups in total. The molecule has 6 nitrogen and oxygen atoms in total. The van der Waals surface area contributed by atoms with Gasteiger partial charge in [-0.05, 0) is 37.6 Å². The molecular weight excluding hydrogens is 314 g/mol. The van der Waals surface area contributed by atoms with E-state index in [0.29, 0.717) is 17.0 Å². The first-order valence-corrected chi connectivity index (χ1v) is 7.84. The first-order chi connectivity index (χ1) is 11.0. The van der Waals surface area contributed by atoms with E-state index in [1.54, 1.807) is 17.0 Å². The van der Waals surface area contributed by atoms with Crippen molar-refractivity contribution in [2.45, 2.75) is 19.9 Å². The first kappa shape index (κ1) is 16.6. The van der Waals surface area contributed by atoms with Gasteiger partial charge in [0.1, 0.15) is 0 Å². The Morgan fingerprint density at radius 1 is 1.35 bits per heavy atom. The fraction of sp³-hybridized carbons (Fsp3) is 0.250. The molecule has 118 valence electrons. The standard InChI is InChI=1S/C16H15N3O3S/c1-3-18(11(2)13-6-4-12(10-17)5-7-13)16(20)14-8-9-15(23-14)19(21)22/h4-9,11H,3H2,1-2H3. The second kappa shape index (κ2) is 7.03. The predicted octanol–water partition coefficient (Wildman–Crippen LogP) is 3.75. The van der Waals surface area contributed by atoms with Crippen LogP contribution in [0.5, 0.6) is 0 Å². The van der Waals surface area contributed by atoms with Crippen LogP contribution in [0, 0.1) is 21.4 Å². The van der Waals surface area contributed by atoms with Crippen molar-refractivity contribution in [3.8, 4) is 6.07 Å². The van der Waals surface area contributed by atoms with Crippen molar-refractivity contribution in [3.63, 3.8) is 0 Å². The fourth-order valence-corrected chi connectivity index (χ4v) is 3.07. The molecule has 0 saturated heterocycles. The van der Waals surface area contributed by atoms with Gasteiger partial charge in [0, 0.05) is 12.6 Å². The molecule has 2 rings (SSSR count). The van der Waals surface area contributed by atoms with Gasteiger partial charge in [-0.3, -0.25) is 14.9 Å². The number of benzene rings is 1. The summed E-state index contributed by atoms with van der Waals surface area (Å²) in [5.74, 6) is -0.234. The molecule has 0 aliphatic carbocycles. The molecule has 1 amide bonds. The van der Waals surface area contributed by atoms with Crippen molar-refractivity contribution in [1.82, 2.24) is 4.90 Å². The Balaban J connectivity index is 2.24. The van der Waals surface area contributed by atoms with E-state index in [4.69, 9.17) is 5.26 Å². The molecule has 1 heterocycles. The number of hydrogen-bond acceptors (Lipinski definition) is 5. The maximum Gasteiger partial charge on any atom is 0.324 e. The minimum absolute atomic E-state index is 0.0459. The molecule has 0 aliphatic heterocycles. The van der Waals surface area contributed by atoms with Gasteiger partial charge in [-0.1, -0.05) is 23.5 Å². The Morgan fingerprint density at radius 3 is 2.48 bits per heavy atom. The summed E-state index contributed by atoms with van der Waals surface area (Å²) in [6, 6.07) is 11.7. The lowest BCUT2D eigenvalue weighted by Crippen LogP contribution is -2.32. The van der Waals surface area contributed by atoms with E-state index >= 15 is 0 Å². The molecule has 0 spiro atoms. The van der Waals surface area contributed by atoms with Crippen LogP contribution in [-0.4, -0.2) is 22.3 Å². The summed E-state index contributed by atoms with van der Waals surface area (Å²) in [6.07, 6.45) is 0. The summed E-state index contributed by atoms with van der Waals surface area (Å²) in [5, 5.41) is 19.5. The van der Waals surface area contributed by atoms with Crippen LogP contribution < -0.4 is 0 Å². The van der Waals surface area contributed by atoms with Crippen molar-refractivity contribution in [2.75, 3.05) is 6.54 Å². The van der Waals surface area contributed by atoms with Crippen molar-refractivity contribution in [1.29, 1.82) is 5.26 Å². The Bertz CT molecular complexity index is 762. The molecule has 0 bridgehead atoms. The number of nitriles is 1. The number of amides is 1. The van der Waals surface area contributed by atoms with E-state index in [9.17, 15) is 14.9 Å². The molecule has 1 aromatic carbocycles. The molecule has 0 fully saturated rings. The van der Waals surface area contributed by atoms with Crippen molar-refractivity contribution in [3.05, 3.63) is 62.5 Å². The highest BCUT2D eigenvalue weighted by molar-refractivity contribution is 7.17. The highest BCUT2D eigenvalue weighted by atomic mass is 32.1. The lowest BCUT2D eigenvalue weighted by molar-refractivity contribution is -0.380. The van der Waals surface area contributed by atoms with Gasteiger partial charge in [-0.15, -0.1) is 0 Å². The van der Waals surface area contributed by atoms with Gasteiger partial charge < -0.3 is 4.90 Å². The van der Waals surface area contributed by atoms with Gasteiger partial charge in [0.25, 0.3) is 5.91 Å². The Morgan fingerprint density at radius 2 is 2.00 bits per heavy atom. The van der Waals surface area contributed by atoms with Gasteiger partial charge >= 0.3 is 5.00 Å². The normalized spacial score (nSPS) is 11.5. The minimum Gasteiger partial charge on any atom is -0.331 e. The third kappa shape index (κ3) is 3.55. The molecule has 0 saturated carbocycles. The lowest BCUT2D eigenvalue weighted by atomic mass is 10.0. The van der Waals surface area contributed by atoms with E-state index in [1.165, 1.54) is 12.1 Å². The van der Waals surface area contributed by atoms with Crippen LogP contribution in [0.25, 0.3) is 0 Å². The molecule has 7 heteroatoms. The van der Waals surface area contributed by atoms with E-state index in [2.05, 4.69) is 6.07 Å². The summed E-state index contributed by atoms with van der Waals surface area (Å²) in [4.78, 5) is 24.9. The highest BCUT2D eigenvalue weighted by Gasteiger charge is 2.24. The van der Waals surface area contributed by atoms with E-state index < -0.39 is 4.92 Å². The average molecular weight is 329 g/mol. The van der Waals surface area contributed by atoms with Crippen LogP contribution in [0.4, 0.5) is 5.00 Å². The summed E-state index contributed by atoms with van der Waals surface area (Å²) < 4.78 is 0. The number of nitro groups is 1. The molecule has 1 aromatic heterocycles. The summed E-state index contributed by atoms with van der Waals surface area (Å²) in [5.41, 5.74) is 1.47. The quantitative estimate of drug-likeness (QED) is 0.617. The van der Waals surface area contributed by atoms with Gasteiger partial charge in [0.05, 0.1) is 27.5 Å². The minimum atomic E-state index is -0.498. The van der Waals surface area contributed by atoms with Gasteiger partial charge in [-0.25, -0.2) is 0 Å². The highest BCUT2D eigenvalue weighted by Crippen LogP contribution is 2.28. The molecule has 0 radical (unpaired) electrons. The smallest absolute Gasteiger partial charge is 0.324 e. The van der Waals surface area contributed by atoms with Crippen molar-refractivity contribution >= 4 is 22.2 Å². The monoisotopic (exact) mass is 329 g/mol. The SMILES string of the molecule is CCN(C(=O)c1ccc([N+](=O)[O-])s1)C(C)c1ccc(C#N)cc1. The van der Waals surface area contributed by atoms with Gasteiger partial charge in [-0.2, -0.15) is 5.26 Å². The van der Waals surface area contributed by atoms with E-state index in [0.717, 1.165) is 16.9 Å². The van der Waals surface area contributed by atoms with Crippen molar-refractivity contribution < 1.29 is 9.72 Å². The fourth-order valence-electron chi connectivity index (χ4n) is 2.29. The van der Waals surface area contributed by atoms with E-state index in [-0.39, 0.29) is 17.0 Å². The third-order valence-electron chi connectivity index (χ3n) is 3.57. The number of rotatable bonds is 5. The Kier molecular flexibility index (Phi) is 5.09. The maximum atomic E-state index is 12.6. The summed E-state index contributed by atoms with van der Waals surface area (Å²) in [6.45, 7) is 4.23. The number of nitrogens with zero attached hydrogens (tertiary/aromatic N) is 3. The molecule has 1 unspecified atom stereocenters. The number of carbonyl (C=O) groups excluding carboxylic acids is 1. The summed E-state index contributed by atoms with van der Waals surface area (Å²) >= 11 is 0.878.